The number of benzene rings is 1. The lowest BCUT2D eigenvalue weighted by Crippen LogP contribution is -2.29. The molecule has 0 bridgehead atoms. The quantitative estimate of drug-likeness (QED) is 0.811. The summed E-state index contributed by atoms with van der Waals surface area (Å²) in [4.78, 5) is 2.44. The molecule has 1 fully saturated rings. The molecular weight excluding hydrogens is 224 g/mol. The minimum Gasteiger partial charge on any atom is -0.491 e. The van der Waals surface area contributed by atoms with Gasteiger partial charge in [-0.1, -0.05) is 19.9 Å². The van der Waals surface area contributed by atoms with Crippen LogP contribution in [0.2, 0.25) is 0 Å². The molecule has 100 valence electrons. The third-order valence-corrected chi connectivity index (χ3v) is 3.66. The smallest absolute Gasteiger partial charge is 0.144 e. The summed E-state index contributed by atoms with van der Waals surface area (Å²) in [6.45, 7) is 6.19. The van der Waals surface area contributed by atoms with Gasteiger partial charge in [0.05, 0.1) is 18.0 Å². The lowest BCUT2D eigenvalue weighted by Gasteiger charge is -2.27. The third kappa shape index (κ3) is 2.55. The lowest BCUT2D eigenvalue weighted by atomic mass is 10.1. The van der Waals surface area contributed by atoms with Crippen molar-refractivity contribution in [2.24, 2.45) is 0 Å². The van der Waals surface area contributed by atoms with Crippen molar-refractivity contribution in [1.29, 1.82) is 0 Å². The highest BCUT2D eigenvalue weighted by molar-refractivity contribution is 5.74. The average molecular weight is 248 g/mol. The van der Waals surface area contributed by atoms with Crippen LogP contribution in [0.15, 0.2) is 18.2 Å². The maximum Gasteiger partial charge on any atom is 0.144 e. The number of hydrogen-bond acceptors (Lipinski definition) is 3. The van der Waals surface area contributed by atoms with Crippen LogP contribution in [0.3, 0.4) is 0 Å². The van der Waals surface area contributed by atoms with Gasteiger partial charge in [-0.05, 0) is 37.8 Å². The first-order valence-corrected chi connectivity index (χ1v) is 7.05. The zero-order valence-electron chi connectivity index (χ0n) is 11.5. The van der Waals surface area contributed by atoms with E-state index in [9.17, 15) is 0 Å². The van der Waals surface area contributed by atoms with E-state index in [1.165, 1.54) is 19.3 Å². The topological polar surface area (TPSA) is 38.5 Å². The van der Waals surface area contributed by atoms with Crippen LogP contribution in [0.4, 0.5) is 11.4 Å². The lowest BCUT2D eigenvalue weighted by molar-refractivity contribution is 0.319. The first kappa shape index (κ1) is 13.1. The van der Waals surface area contributed by atoms with Crippen LogP contribution in [0.25, 0.3) is 0 Å². The van der Waals surface area contributed by atoms with Gasteiger partial charge < -0.3 is 15.4 Å². The fourth-order valence-electron chi connectivity index (χ4n) is 2.70. The van der Waals surface area contributed by atoms with Crippen LogP contribution in [0.1, 0.15) is 39.5 Å². The van der Waals surface area contributed by atoms with Gasteiger partial charge in [0.15, 0.2) is 0 Å². The summed E-state index contributed by atoms with van der Waals surface area (Å²) in [6.07, 6.45) is 4.72. The number of nitrogens with two attached hydrogens (primary N) is 1. The van der Waals surface area contributed by atoms with Gasteiger partial charge in [0, 0.05) is 12.6 Å². The number of anilines is 2. The Hall–Kier alpha value is -1.38. The molecule has 1 aliphatic rings. The van der Waals surface area contributed by atoms with Gasteiger partial charge in [-0.25, -0.2) is 0 Å². The van der Waals surface area contributed by atoms with E-state index < -0.39 is 0 Å². The Morgan fingerprint density at radius 1 is 1.39 bits per heavy atom. The van der Waals surface area contributed by atoms with Crippen LogP contribution in [-0.4, -0.2) is 19.2 Å². The van der Waals surface area contributed by atoms with Crippen LogP contribution >= 0.6 is 0 Å². The van der Waals surface area contributed by atoms with Crippen LogP contribution in [-0.2, 0) is 0 Å². The summed E-state index contributed by atoms with van der Waals surface area (Å²) >= 11 is 0. The molecule has 1 aromatic rings. The van der Waals surface area contributed by atoms with Crippen molar-refractivity contribution >= 4 is 11.4 Å². The number of rotatable bonds is 5. The zero-order valence-corrected chi connectivity index (χ0v) is 11.5. The molecule has 1 aromatic carbocycles. The Morgan fingerprint density at radius 3 is 2.94 bits per heavy atom. The van der Waals surface area contributed by atoms with E-state index in [1.807, 2.05) is 12.1 Å². The second-order valence-electron chi connectivity index (χ2n) is 4.94. The van der Waals surface area contributed by atoms with Crippen molar-refractivity contribution < 1.29 is 4.74 Å². The second-order valence-corrected chi connectivity index (χ2v) is 4.94. The molecule has 1 saturated heterocycles. The normalized spacial score (nSPS) is 19.2. The van der Waals surface area contributed by atoms with Crippen molar-refractivity contribution in [3.63, 3.8) is 0 Å². The van der Waals surface area contributed by atoms with Gasteiger partial charge >= 0.3 is 0 Å². The molecule has 2 N–H and O–H groups in total. The van der Waals surface area contributed by atoms with Crippen LogP contribution in [0, 0.1) is 0 Å². The van der Waals surface area contributed by atoms with Crippen molar-refractivity contribution in [3.8, 4) is 5.75 Å². The highest BCUT2D eigenvalue weighted by atomic mass is 16.5. The van der Waals surface area contributed by atoms with Gasteiger partial charge in [0.1, 0.15) is 5.75 Å². The van der Waals surface area contributed by atoms with Crippen molar-refractivity contribution in [3.05, 3.63) is 18.2 Å². The molecule has 0 saturated carbocycles. The van der Waals surface area contributed by atoms with E-state index in [4.69, 9.17) is 10.5 Å². The number of ether oxygens (including phenoxy) is 1. The molecule has 3 nitrogen and oxygen atoms in total. The Morgan fingerprint density at radius 2 is 2.22 bits per heavy atom. The molecule has 18 heavy (non-hydrogen) atoms. The van der Waals surface area contributed by atoms with E-state index >= 15 is 0 Å². The van der Waals surface area contributed by atoms with E-state index in [2.05, 4.69) is 24.8 Å². The third-order valence-electron chi connectivity index (χ3n) is 3.66. The number of nitrogen functional groups attached to an aromatic ring is 1. The highest BCUT2D eigenvalue weighted by Gasteiger charge is 2.25. The van der Waals surface area contributed by atoms with Crippen molar-refractivity contribution in [1.82, 2.24) is 0 Å². The van der Waals surface area contributed by atoms with Gasteiger partial charge in [0.2, 0.25) is 0 Å². The predicted molar refractivity (Wildman–Crippen MR) is 77.3 cm³/mol. The number of para-hydroxylation sites is 1. The summed E-state index contributed by atoms with van der Waals surface area (Å²) in [6, 6.07) is 6.75. The van der Waals surface area contributed by atoms with E-state index in [-0.39, 0.29) is 0 Å². The Labute approximate surface area is 110 Å². The first-order chi connectivity index (χ1) is 8.77. The summed E-state index contributed by atoms with van der Waals surface area (Å²) < 4.78 is 5.70. The summed E-state index contributed by atoms with van der Waals surface area (Å²) in [5, 5.41) is 0. The number of nitrogens with zero attached hydrogens (tertiary/aromatic N) is 1. The van der Waals surface area contributed by atoms with Crippen molar-refractivity contribution in [2.75, 3.05) is 23.8 Å². The van der Waals surface area contributed by atoms with E-state index in [0.29, 0.717) is 6.04 Å². The molecule has 2 rings (SSSR count). The maximum atomic E-state index is 6.25. The molecule has 1 heterocycles. The molecule has 1 aliphatic heterocycles. The average Bonchev–Trinajstić information content (AvgIpc) is 2.85. The SMILES string of the molecule is CCCOc1cccc(N2CCCC2CC)c1N. The van der Waals surface area contributed by atoms with Crippen molar-refractivity contribution in [2.45, 2.75) is 45.6 Å². The maximum absolute atomic E-state index is 6.25. The highest BCUT2D eigenvalue weighted by Crippen LogP contribution is 2.36. The van der Waals surface area contributed by atoms with Crippen LogP contribution < -0.4 is 15.4 Å². The molecule has 0 spiro atoms. The summed E-state index contributed by atoms with van der Waals surface area (Å²) in [5.74, 6) is 0.830. The fraction of sp³-hybridized carbons (Fsp3) is 0.600. The number of hydrogen-bond donors (Lipinski definition) is 1. The van der Waals surface area contributed by atoms with Gasteiger partial charge in [-0.3, -0.25) is 0 Å². The van der Waals surface area contributed by atoms with E-state index in [0.717, 1.165) is 36.7 Å². The molecule has 1 unspecified atom stereocenters. The predicted octanol–water partition coefficient (Wildman–Crippen LogP) is 3.44. The van der Waals surface area contributed by atoms with E-state index in [1.54, 1.807) is 0 Å². The monoisotopic (exact) mass is 248 g/mol. The zero-order chi connectivity index (χ0) is 13.0. The molecular formula is C15H24N2O. The van der Waals surface area contributed by atoms with Gasteiger partial charge in [0.25, 0.3) is 0 Å². The van der Waals surface area contributed by atoms with Crippen LogP contribution in [0.5, 0.6) is 5.75 Å². The Bertz CT molecular complexity index is 392. The van der Waals surface area contributed by atoms with Gasteiger partial charge in [-0.15, -0.1) is 0 Å². The first-order valence-electron chi connectivity index (χ1n) is 7.05. The summed E-state index contributed by atoms with van der Waals surface area (Å²) in [7, 11) is 0. The molecule has 0 aromatic heterocycles. The molecule has 0 aliphatic carbocycles. The van der Waals surface area contributed by atoms with Gasteiger partial charge in [-0.2, -0.15) is 0 Å². The fourth-order valence-corrected chi connectivity index (χ4v) is 2.70. The minimum atomic E-state index is 0.633. The second kappa shape index (κ2) is 5.98. The Balaban J connectivity index is 2.22. The molecule has 0 amide bonds. The summed E-state index contributed by atoms with van der Waals surface area (Å²) in [5.41, 5.74) is 8.20. The molecule has 1 atom stereocenters. The standard InChI is InChI=1S/C15H24N2O/c1-3-11-18-14-9-5-8-13(15(14)16)17-10-6-7-12(17)4-2/h5,8-9,12H,3-4,6-7,10-11,16H2,1-2H3. The molecule has 0 radical (unpaired) electrons. The Kier molecular flexibility index (Phi) is 4.34. The largest absolute Gasteiger partial charge is 0.491 e. The molecule has 3 heteroatoms. The minimum absolute atomic E-state index is 0.633.